The second-order valence-corrected chi connectivity index (χ2v) is 11.4. The summed E-state index contributed by atoms with van der Waals surface area (Å²) in [4.78, 5) is 0. The maximum Gasteiger partial charge on any atom is 0.108 e. The van der Waals surface area contributed by atoms with E-state index in [2.05, 4.69) is 194 Å². The fraction of sp³-hybridized carbons (Fsp3) is 0.0455. The fourth-order valence-electron chi connectivity index (χ4n) is 6.96. The van der Waals surface area contributed by atoms with E-state index in [-0.39, 0.29) is 0 Å². The van der Waals surface area contributed by atoms with Crippen LogP contribution in [0.2, 0.25) is 0 Å². The van der Waals surface area contributed by atoms with Gasteiger partial charge >= 0.3 is 0 Å². The number of rotatable bonds is 6. The van der Waals surface area contributed by atoms with Crippen LogP contribution < -0.4 is 0 Å². The highest BCUT2D eigenvalue weighted by atomic mass is 14.6. The summed E-state index contributed by atoms with van der Waals surface area (Å²) < 4.78 is 0. The SMILES string of the molecule is C(#CC1(c2ccccc2)C(c2ccccc2)=C1c1ccccc1)C1(c2ccccc2)C(c2ccccc2)=C1c1ccccc1. The van der Waals surface area contributed by atoms with Crippen LogP contribution in [0.4, 0.5) is 0 Å². The molecule has 0 radical (unpaired) electrons. The van der Waals surface area contributed by atoms with Crippen molar-refractivity contribution in [3.8, 4) is 11.8 Å². The highest BCUT2D eigenvalue weighted by molar-refractivity contribution is 6.24. The molecular formula is C44H30. The molecule has 0 atom stereocenters. The number of hydrogen-bond acceptors (Lipinski definition) is 0. The van der Waals surface area contributed by atoms with Gasteiger partial charge in [-0.1, -0.05) is 194 Å². The van der Waals surface area contributed by atoms with Crippen LogP contribution >= 0.6 is 0 Å². The molecule has 6 aromatic carbocycles. The number of hydrogen-bond donors (Lipinski definition) is 0. The highest BCUT2D eigenvalue weighted by Crippen LogP contribution is 2.67. The van der Waals surface area contributed by atoms with Gasteiger partial charge in [0, 0.05) is 0 Å². The average molecular weight is 559 g/mol. The predicted octanol–water partition coefficient (Wildman–Crippen LogP) is 10.1. The minimum Gasteiger partial charge on any atom is -0.0802 e. The lowest BCUT2D eigenvalue weighted by atomic mass is 9.81. The van der Waals surface area contributed by atoms with Gasteiger partial charge in [-0.25, -0.2) is 0 Å². The Hall–Kier alpha value is -5.64. The van der Waals surface area contributed by atoms with Crippen LogP contribution in [0.3, 0.4) is 0 Å². The van der Waals surface area contributed by atoms with Crippen LogP contribution in [-0.2, 0) is 10.8 Å². The van der Waals surface area contributed by atoms with Crippen molar-refractivity contribution in [2.45, 2.75) is 10.8 Å². The summed E-state index contributed by atoms with van der Waals surface area (Å²) in [6, 6.07) is 64.8. The van der Waals surface area contributed by atoms with Crippen molar-refractivity contribution < 1.29 is 0 Å². The quantitative estimate of drug-likeness (QED) is 0.178. The lowest BCUT2D eigenvalue weighted by Gasteiger charge is -2.19. The van der Waals surface area contributed by atoms with Gasteiger partial charge in [0.15, 0.2) is 0 Å². The molecule has 0 bridgehead atoms. The molecule has 0 saturated heterocycles. The summed E-state index contributed by atoms with van der Waals surface area (Å²) in [6.45, 7) is 0. The summed E-state index contributed by atoms with van der Waals surface area (Å²) in [7, 11) is 0. The first-order valence-electron chi connectivity index (χ1n) is 15.2. The Balaban J connectivity index is 1.39. The van der Waals surface area contributed by atoms with E-state index in [9.17, 15) is 0 Å². The molecule has 6 aromatic rings. The number of allylic oxidation sites excluding steroid dienone is 4. The van der Waals surface area contributed by atoms with E-state index in [1.807, 2.05) is 0 Å². The van der Waals surface area contributed by atoms with Crippen molar-refractivity contribution in [3.63, 3.8) is 0 Å². The molecule has 0 heterocycles. The molecule has 2 aliphatic carbocycles. The summed E-state index contributed by atoms with van der Waals surface area (Å²) in [5.41, 5.74) is 11.4. The van der Waals surface area contributed by atoms with Gasteiger partial charge in [0.1, 0.15) is 10.8 Å². The molecule has 8 rings (SSSR count). The molecule has 0 saturated carbocycles. The molecule has 206 valence electrons. The summed E-state index contributed by atoms with van der Waals surface area (Å²) >= 11 is 0. The van der Waals surface area contributed by atoms with E-state index in [1.165, 1.54) is 55.7 Å². The standard InChI is InChI=1S/C44H30/c1-7-19-33(20-8-1)39-40(34-21-9-2-10-22-34)43(39,37-27-15-5-16-28-37)31-32-44(38-29-17-6-18-30-38)41(35-23-11-3-12-24-35)42(44)36-25-13-4-14-26-36/h1-30H. The van der Waals surface area contributed by atoms with Crippen molar-refractivity contribution in [1.29, 1.82) is 0 Å². The zero-order chi connectivity index (χ0) is 29.4. The Morgan fingerprint density at radius 3 is 0.682 bits per heavy atom. The van der Waals surface area contributed by atoms with Gasteiger partial charge in [-0.3, -0.25) is 0 Å². The van der Waals surface area contributed by atoms with Gasteiger partial charge in [0.2, 0.25) is 0 Å². The molecule has 0 heteroatoms. The molecule has 0 N–H and O–H groups in total. The molecule has 0 unspecified atom stereocenters. The molecule has 44 heavy (non-hydrogen) atoms. The van der Waals surface area contributed by atoms with E-state index in [4.69, 9.17) is 0 Å². The predicted molar refractivity (Wildman–Crippen MR) is 183 cm³/mol. The Morgan fingerprint density at radius 1 is 0.250 bits per heavy atom. The first-order valence-corrected chi connectivity index (χ1v) is 15.2. The third-order valence-electron chi connectivity index (χ3n) is 8.98. The lowest BCUT2D eigenvalue weighted by Crippen LogP contribution is -2.15. The van der Waals surface area contributed by atoms with Crippen LogP contribution in [0.5, 0.6) is 0 Å². The van der Waals surface area contributed by atoms with Gasteiger partial charge in [-0.15, -0.1) is 0 Å². The molecule has 0 aromatic heterocycles. The minimum atomic E-state index is -0.530. The van der Waals surface area contributed by atoms with Crippen molar-refractivity contribution in [2.75, 3.05) is 0 Å². The normalized spacial score (nSPS) is 15.7. The highest BCUT2D eigenvalue weighted by Gasteiger charge is 2.58. The molecule has 0 nitrogen and oxygen atoms in total. The van der Waals surface area contributed by atoms with E-state index < -0.39 is 10.8 Å². The average Bonchev–Trinajstić information content (AvgIpc) is 4.00. The third kappa shape index (κ3) is 4.10. The Bertz CT molecular complexity index is 1810. The largest absolute Gasteiger partial charge is 0.108 e. The zero-order valence-electron chi connectivity index (χ0n) is 24.3. The Kier molecular flexibility index (Phi) is 6.25. The van der Waals surface area contributed by atoms with Crippen LogP contribution in [0.1, 0.15) is 33.4 Å². The van der Waals surface area contributed by atoms with E-state index in [1.54, 1.807) is 0 Å². The maximum absolute atomic E-state index is 4.02. The van der Waals surface area contributed by atoms with Crippen molar-refractivity contribution in [2.24, 2.45) is 0 Å². The van der Waals surface area contributed by atoms with Crippen molar-refractivity contribution in [3.05, 3.63) is 215 Å². The fourth-order valence-corrected chi connectivity index (χ4v) is 6.96. The third-order valence-corrected chi connectivity index (χ3v) is 8.98. The van der Waals surface area contributed by atoms with Gasteiger partial charge in [0.05, 0.1) is 0 Å². The molecule has 0 aliphatic heterocycles. The first-order chi connectivity index (χ1) is 21.8. The van der Waals surface area contributed by atoms with Gasteiger partial charge in [-0.2, -0.15) is 0 Å². The van der Waals surface area contributed by atoms with E-state index >= 15 is 0 Å². The summed E-state index contributed by atoms with van der Waals surface area (Å²) in [5, 5.41) is 0. The van der Waals surface area contributed by atoms with Gasteiger partial charge in [0.25, 0.3) is 0 Å². The summed E-state index contributed by atoms with van der Waals surface area (Å²) in [6.07, 6.45) is 0. The van der Waals surface area contributed by atoms with Gasteiger partial charge in [-0.05, 0) is 55.7 Å². The monoisotopic (exact) mass is 558 g/mol. The van der Waals surface area contributed by atoms with Crippen LogP contribution in [0.15, 0.2) is 182 Å². The molecule has 0 spiro atoms. The number of benzene rings is 6. The van der Waals surface area contributed by atoms with Crippen molar-refractivity contribution in [1.82, 2.24) is 0 Å². The smallest absolute Gasteiger partial charge is 0.0802 e. The topological polar surface area (TPSA) is 0 Å². The van der Waals surface area contributed by atoms with Gasteiger partial charge < -0.3 is 0 Å². The minimum absolute atomic E-state index is 0.530. The Labute approximate surface area is 259 Å². The van der Waals surface area contributed by atoms with Crippen LogP contribution in [0.25, 0.3) is 22.3 Å². The van der Waals surface area contributed by atoms with Crippen molar-refractivity contribution >= 4 is 22.3 Å². The molecule has 0 amide bonds. The summed E-state index contributed by atoms with van der Waals surface area (Å²) in [5.74, 6) is 8.04. The lowest BCUT2D eigenvalue weighted by molar-refractivity contribution is 1.01. The molecule has 0 fully saturated rings. The molecule has 2 aliphatic rings. The second kappa shape index (κ2) is 10.6. The first kappa shape index (κ1) is 26.0. The zero-order valence-corrected chi connectivity index (χ0v) is 24.3. The maximum atomic E-state index is 4.02. The second-order valence-electron chi connectivity index (χ2n) is 11.4. The van der Waals surface area contributed by atoms with E-state index in [0.717, 1.165) is 0 Å². The van der Waals surface area contributed by atoms with Crippen LogP contribution in [0, 0.1) is 11.8 Å². The van der Waals surface area contributed by atoms with E-state index in [0.29, 0.717) is 0 Å². The van der Waals surface area contributed by atoms with Crippen LogP contribution in [-0.4, -0.2) is 0 Å². The Morgan fingerprint density at radius 2 is 0.455 bits per heavy atom. The molecular weight excluding hydrogens is 528 g/mol.